The molecule has 16 heavy (non-hydrogen) atoms. The predicted molar refractivity (Wildman–Crippen MR) is 76.3 cm³/mol. The lowest BCUT2D eigenvalue weighted by Gasteiger charge is -2.04. The molecule has 0 amide bonds. The lowest BCUT2D eigenvalue weighted by atomic mass is 10.1. The van der Waals surface area contributed by atoms with Crippen molar-refractivity contribution in [2.45, 2.75) is 12.8 Å². The van der Waals surface area contributed by atoms with Crippen LogP contribution in [0.15, 0.2) is 22.8 Å². The zero-order valence-electron chi connectivity index (χ0n) is 8.89. The Balaban J connectivity index is 2.50. The van der Waals surface area contributed by atoms with Gasteiger partial charge in [-0.15, -0.1) is 0 Å². The normalized spacial score (nSPS) is 11.2. The highest BCUT2D eigenvalue weighted by Gasteiger charge is 2.09. The number of halogens is 2. The summed E-state index contributed by atoms with van der Waals surface area (Å²) in [4.78, 5) is 3.32. The number of aromatic nitrogens is 1. The molecule has 0 aliphatic carbocycles. The predicted octanol–water partition coefficient (Wildman–Crippen LogP) is 3.37. The molecule has 3 N–H and O–H groups in total. The first kappa shape index (κ1) is 12.1. The lowest BCUT2D eigenvalue weighted by molar-refractivity contribution is 0.976. The summed E-state index contributed by atoms with van der Waals surface area (Å²) in [7, 11) is 0. The van der Waals surface area contributed by atoms with Crippen molar-refractivity contribution in [1.82, 2.24) is 4.98 Å². The maximum Gasteiger partial charge on any atom is 0.0604 e. The molecule has 0 saturated heterocycles. The number of nitrogens with two attached hydrogens (primary N) is 1. The van der Waals surface area contributed by atoms with Crippen LogP contribution in [0.3, 0.4) is 0 Å². The molecule has 0 atom stereocenters. The molecular weight excluding hydrogens is 332 g/mol. The molecule has 0 fully saturated rings. The topological polar surface area (TPSA) is 41.8 Å². The van der Waals surface area contributed by atoms with Crippen molar-refractivity contribution in [3.63, 3.8) is 0 Å². The number of hydrogen-bond donors (Lipinski definition) is 2. The van der Waals surface area contributed by atoms with Gasteiger partial charge in [0.05, 0.1) is 5.52 Å². The van der Waals surface area contributed by atoms with Crippen LogP contribution in [0.2, 0.25) is 0 Å². The van der Waals surface area contributed by atoms with E-state index in [0.717, 1.165) is 18.2 Å². The van der Waals surface area contributed by atoms with Crippen molar-refractivity contribution in [1.29, 1.82) is 0 Å². The van der Waals surface area contributed by atoms with E-state index in [1.807, 2.05) is 0 Å². The number of H-pyrrole nitrogens is 1. The third kappa shape index (κ3) is 2.19. The van der Waals surface area contributed by atoms with E-state index in [0.29, 0.717) is 6.54 Å². The van der Waals surface area contributed by atoms with E-state index in [2.05, 4.69) is 55.2 Å². The monoisotopic (exact) mass is 344 g/mol. The first-order chi connectivity index (χ1) is 7.77. The van der Waals surface area contributed by atoms with Gasteiger partial charge < -0.3 is 10.7 Å². The Hall–Kier alpha value is -0.320. The first-order valence-corrected chi connectivity index (χ1v) is 7.22. The molecule has 86 valence electrons. The Labute approximate surface area is 112 Å². The fourth-order valence-corrected chi connectivity index (χ4v) is 3.01. The van der Waals surface area contributed by atoms with Crippen LogP contribution in [-0.2, 0) is 12.8 Å². The van der Waals surface area contributed by atoms with Crippen LogP contribution in [0.25, 0.3) is 10.9 Å². The molecule has 2 rings (SSSR count). The Morgan fingerprint density at radius 3 is 2.69 bits per heavy atom. The molecule has 2 nitrogen and oxygen atoms in total. The zero-order chi connectivity index (χ0) is 11.5. The third-order valence-corrected chi connectivity index (χ3v) is 4.04. The molecule has 0 aliphatic rings. The molecule has 0 spiro atoms. The molecular formula is C12H14Br2N2. The highest BCUT2D eigenvalue weighted by molar-refractivity contribution is 9.10. The minimum Gasteiger partial charge on any atom is -0.360 e. The molecule has 0 radical (unpaired) electrons. The quantitative estimate of drug-likeness (QED) is 0.819. The Bertz CT molecular complexity index is 491. The van der Waals surface area contributed by atoms with Crippen molar-refractivity contribution >= 4 is 42.8 Å². The van der Waals surface area contributed by atoms with Crippen LogP contribution < -0.4 is 5.73 Å². The summed E-state index contributed by atoms with van der Waals surface area (Å²) < 4.78 is 1.17. The summed E-state index contributed by atoms with van der Waals surface area (Å²) in [5.41, 5.74) is 9.40. The van der Waals surface area contributed by atoms with Crippen molar-refractivity contribution < 1.29 is 0 Å². The Kier molecular flexibility index (Phi) is 4.05. The van der Waals surface area contributed by atoms with Gasteiger partial charge in [-0.3, -0.25) is 0 Å². The van der Waals surface area contributed by atoms with Crippen LogP contribution in [-0.4, -0.2) is 16.9 Å². The van der Waals surface area contributed by atoms with E-state index in [-0.39, 0.29) is 0 Å². The molecule has 1 aromatic carbocycles. The average molecular weight is 346 g/mol. The van der Waals surface area contributed by atoms with Gasteiger partial charge in [-0.25, -0.2) is 0 Å². The number of hydrogen-bond acceptors (Lipinski definition) is 1. The summed E-state index contributed by atoms with van der Waals surface area (Å²) in [5, 5.41) is 2.25. The maximum atomic E-state index is 5.59. The van der Waals surface area contributed by atoms with Crippen LogP contribution >= 0.6 is 31.9 Å². The second kappa shape index (κ2) is 5.34. The second-order valence-electron chi connectivity index (χ2n) is 3.75. The smallest absolute Gasteiger partial charge is 0.0604 e. The van der Waals surface area contributed by atoms with Gasteiger partial charge in [-0.1, -0.05) is 28.1 Å². The van der Waals surface area contributed by atoms with Gasteiger partial charge in [0.2, 0.25) is 0 Å². The van der Waals surface area contributed by atoms with Gasteiger partial charge in [0, 0.05) is 21.4 Å². The summed E-state index contributed by atoms with van der Waals surface area (Å²) >= 11 is 7.13. The van der Waals surface area contributed by atoms with Crippen LogP contribution in [0.4, 0.5) is 0 Å². The van der Waals surface area contributed by atoms with Gasteiger partial charge in [0.15, 0.2) is 0 Å². The molecule has 4 heteroatoms. The summed E-state index contributed by atoms with van der Waals surface area (Å²) in [5.74, 6) is 0. The molecule has 2 aromatic rings. The first-order valence-electron chi connectivity index (χ1n) is 5.31. The standard InChI is InChI=1S/C12H14Br2N2/c13-5-3-8-1-2-10-9(4-6-15)7-16-12(10)11(8)14/h1-2,7,16H,3-6,15H2. The van der Waals surface area contributed by atoms with E-state index in [9.17, 15) is 0 Å². The fraction of sp³-hybridized carbons (Fsp3) is 0.333. The lowest BCUT2D eigenvalue weighted by Crippen LogP contribution is -2.01. The fourth-order valence-electron chi connectivity index (χ4n) is 1.92. The Morgan fingerprint density at radius 2 is 2.00 bits per heavy atom. The van der Waals surface area contributed by atoms with Crippen LogP contribution in [0.1, 0.15) is 11.1 Å². The van der Waals surface area contributed by atoms with E-state index in [1.54, 1.807) is 0 Å². The van der Waals surface area contributed by atoms with Gasteiger partial charge in [-0.05, 0) is 46.4 Å². The minimum atomic E-state index is 0.688. The largest absolute Gasteiger partial charge is 0.360 e. The van der Waals surface area contributed by atoms with Gasteiger partial charge >= 0.3 is 0 Å². The van der Waals surface area contributed by atoms with E-state index in [1.165, 1.54) is 26.5 Å². The summed E-state index contributed by atoms with van der Waals surface area (Å²) in [6.45, 7) is 0.688. The number of rotatable bonds is 4. The van der Waals surface area contributed by atoms with Crippen LogP contribution in [0, 0.1) is 0 Å². The van der Waals surface area contributed by atoms with E-state index >= 15 is 0 Å². The Morgan fingerprint density at radius 1 is 1.19 bits per heavy atom. The number of aromatic amines is 1. The van der Waals surface area contributed by atoms with Crippen molar-refractivity contribution in [2.75, 3.05) is 11.9 Å². The highest BCUT2D eigenvalue weighted by atomic mass is 79.9. The molecule has 0 unspecified atom stereocenters. The maximum absolute atomic E-state index is 5.59. The van der Waals surface area contributed by atoms with Crippen molar-refractivity contribution in [3.8, 4) is 0 Å². The molecule has 0 saturated carbocycles. The van der Waals surface area contributed by atoms with Crippen LogP contribution in [0.5, 0.6) is 0 Å². The summed E-state index contributed by atoms with van der Waals surface area (Å²) in [6.07, 6.45) is 4.01. The average Bonchev–Trinajstić information content (AvgIpc) is 2.67. The number of alkyl halides is 1. The number of nitrogens with one attached hydrogen (secondary N) is 1. The van der Waals surface area contributed by atoms with E-state index in [4.69, 9.17) is 5.73 Å². The third-order valence-electron chi connectivity index (χ3n) is 2.74. The zero-order valence-corrected chi connectivity index (χ0v) is 12.1. The molecule has 0 aliphatic heterocycles. The number of aryl methyl sites for hydroxylation is 1. The van der Waals surface area contributed by atoms with Gasteiger partial charge in [-0.2, -0.15) is 0 Å². The second-order valence-corrected chi connectivity index (χ2v) is 5.34. The van der Waals surface area contributed by atoms with Gasteiger partial charge in [0.25, 0.3) is 0 Å². The highest BCUT2D eigenvalue weighted by Crippen LogP contribution is 2.29. The minimum absolute atomic E-state index is 0.688. The number of benzene rings is 1. The molecule has 0 bridgehead atoms. The number of fused-ring (bicyclic) bond motifs is 1. The molecule has 1 aromatic heterocycles. The molecule has 1 heterocycles. The SMILES string of the molecule is NCCc1c[nH]c2c(Br)c(CCBr)ccc12. The van der Waals surface area contributed by atoms with E-state index < -0.39 is 0 Å². The van der Waals surface area contributed by atoms with Crippen molar-refractivity contribution in [2.24, 2.45) is 5.73 Å². The van der Waals surface area contributed by atoms with Gasteiger partial charge in [0.1, 0.15) is 0 Å². The van der Waals surface area contributed by atoms with Crippen molar-refractivity contribution in [3.05, 3.63) is 33.9 Å². The summed E-state index contributed by atoms with van der Waals surface area (Å²) in [6, 6.07) is 4.36.